The van der Waals surface area contributed by atoms with E-state index in [0.29, 0.717) is 0 Å². The summed E-state index contributed by atoms with van der Waals surface area (Å²) in [6.45, 7) is 0.140. The smallest absolute Gasteiger partial charge is 0.0681 e. The molecular formula is C7H8ORu. The van der Waals surface area contributed by atoms with Gasteiger partial charge in [0.15, 0.2) is 0 Å². The first-order chi connectivity index (χ1) is 3.93. The van der Waals surface area contributed by atoms with E-state index in [9.17, 15) is 0 Å². The zero-order chi connectivity index (χ0) is 5.82. The van der Waals surface area contributed by atoms with Crippen LogP contribution < -0.4 is 0 Å². The van der Waals surface area contributed by atoms with Crippen molar-refractivity contribution in [1.82, 2.24) is 0 Å². The van der Waals surface area contributed by atoms with Crippen LogP contribution >= 0.6 is 0 Å². The summed E-state index contributed by atoms with van der Waals surface area (Å²) in [7, 11) is 0. The molecule has 1 aromatic carbocycles. The molecule has 0 atom stereocenters. The number of aliphatic hydroxyl groups is 1. The van der Waals surface area contributed by atoms with Crippen LogP contribution in [0.15, 0.2) is 30.3 Å². The van der Waals surface area contributed by atoms with Gasteiger partial charge in [-0.1, -0.05) is 30.3 Å². The molecule has 0 radical (unpaired) electrons. The average molecular weight is 209 g/mol. The van der Waals surface area contributed by atoms with Crippen molar-refractivity contribution in [3.05, 3.63) is 35.9 Å². The monoisotopic (exact) mass is 210 g/mol. The van der Waals surface area contributed by atoms with E-state index in [4.69, 9.17) is 5.11 Å². The van der Waals surface area contributed by atoms with Crippen molar-refractivity contribution in [2.45, 2.75) is 6.61 Å². The maximum Gasteiger partial charge on any atom is 0.0681 e. The minimum absolute atomic E-state index is 0. The second-order valence-electron chi connectivity index (χ2n) is 1.64. The van der Waals surface area contributed by atoms with Crippen LogP contribution in [0.25, 0.3) is 0 Å². The molecule has 0 saturated heterocycles. The summed E-state index contributed by atoms with van der Waals surface area (Å²) in [5, 5.41) is 8.54. The first-order valence-electron chi connectivity index (χ1n) is 2.58. The third-order valence-corrected chi connectivity index (χ3v) is 1.03. The summed E-state index contributed by atoms with van der Waals surface area (Å²) in [6.07, 6.45) is 0. The molecule has 0 aliphatic rings. The van der Waals surface area contributed by atoms with Crippen molar-refractivity contribution in [2.24, 2.45) is 0 Å². The van der Waals surface area contributed by atoms with E-state index in [1.165, 1.54) is 0 Å². The van der Waals surface area contributed by atoms with Gasteiger partial charge >= 0.3 is 0 Å². The first-order valence-corrected chi connectivity index (χ1v) is 2.58. The summed E-state index contributed by atoms with van der Waals surface area (Å²) in [5.74, 6) is 0. The largest absolute Gasteiger partial charge is 0.392 e. The predicted octanol–water partition coefficient (Wildman–Crippen LogP) is 1.18. The summed E-state index contributed by atoms with van der Waals surface area (Å²) in [4.78, 5) is 0. The number of hydrogen-bond acceptors (Lipinski definition) is 1. The van der Waals surface area contributed by atoms with Crippen molar-refractivity contribution in [2.75, 3.05) is 0 Å². The molecule has 0 aliphatic carbocycles. The normalized spacial score (nSPS) is 8.11. The molecule has 2 heteroatoms. The Kier molecular flexibility index (Phi) is 4.56. The number of hydrogen-bond donors (Lipinski definition) is 1. The Morgan fingerprint density at radius 2 is 1.67 bits per heavy atom. The van der Waals surface area contributed by atoms with Gasteiger partial charge in [-0.15, -0.1) is 0 Å². The van der Waals surface area contributed by atoms with Gasteiger partial charge in [0.05, 0.1) is 6.61 Å². The van der Waals surface area contributed by atoms with Crippen LogP contribution in [0.3, 0.4) is 0 Å². The molecule has 0 spiro atoms. The molecule has 0 bridgehead atoms. The van der Waals surface area contributed by atoms with Gasteiger partial charge in [0.1, 0.15) is 0 Å². The Labute approximate surface area is 67.5 Å². The van der Waals surface area contributed by atoms with Crippen LogP contribution in [-0.4, -0.2) is 5.11 Å². The number of aliphatic hydroxyl groups excluding tert-OH is 1. The zero-order valence-corrected chi connectivity index (χ0v) is 6.63. The Bertz CT molecular complexity index is 150. The van der Waals surface area contributed by atoms with E-state index < -0.39 is 0 Å². The van der Waals surface area contributed by atoms with E-state index >= 15 is 0 Å². The average Bonchev–Trinajstić information content (AvgIpc) is 1.90. The Hall–Kier alpha value is -0.197. The van der Waals surface area contributed by atoms with Crippen LogP contribution in [0, 0.1) is 0 Å². The quantitative estimate of drug-likeness (QED) is 0.688. The Balaban J connectivity index is 0.000000640. The second kappa shape index (κ2) is 4.66. The standard InChI is InChI=1S/C7H8O.Ru/c8-6-7-4-2-1-3-5-7;/h1-5,8H,6H2;. The van der Waals surface area contributed by atoms with E-state index in [-0.39, 0.29) is 26.1 Å². The van der Waals surface area contributed by atoms with Crippen LogP contribution in [0.4, 0.5) is 0 Å². The van der Waals surface area contributed by atoms with Crippen molar-refractivity contribution < 1.29 is 24.6 Å². The van der Waals surface area contributed by atoms with Crippen molar-refractivity contribution in [3.63, 3.8) is 0 Å². The van der Waals surface area contributed by atoms with Crippen LogP contribution in [0.1, 0.15) is 5.56 Å². The first kappa shape index (κ1) is 8.80. The third kappa shape index (κ3) is 2.73. The van der Waals surface area contributed by atoms with Gasteiger partial charge in [-0.05, 0) is 5.56 Å². The van der Waals surface area contributed by atoms with Gasteiger partial charge in [-0.25, -0.2) is 0 Å². The molecule has 1 N–H and O–H groups in total. The van der Waals surface area contributed by atoms with Gasteiger partial charge in [-0.3, -0.25) is 0 Å². The molecule has 1 nitrogen and oxygen atoms in total. The van der Waals surface area contributed by atoms with Gasteiger partial charge in [-0.2, -0.15) is 0 Å². The summed E-state index contributed by atoms with van der Waals surface area (Å²) < 4.78 is 0. The van der Waals surface area contributed by atoms with Crippen molar-refractivity contribution in [3.8, 4) is 0 Å². The fourth-order valence-electron chi connectivity index (χ4n) is 0.583. The molecule has 0 saturated carbocycles. The van der Waals surface area contributed by atoms with Crippen LogP contribution in [0.2, 0.25) is 0 Å². The molecular weight excluding hydrogens is 201 g/mol. The molecule has 0 unspecified atom stereocenters. The van der Waals surface area contributed by atoms with Gasteiger partial charge in [0.2, 0.25) is 0 Å². The Morgan fingerprint density at radius 3 is 2.00 bits per heavy atom. The number of rotatable bonds is 1. The molecule has 0 heterocycles. The topological polar surface area (TPSA) is 20.2 Å². The third-order valence-electron chi connectivity index (χ3n) is 1.03. The maximum absolute atomic E-state index is 8.54. The Morgan fingerprint density at radius 1 is 1.11 bits per heavy atom. The molecule has 1 aromatic rings. The van der Waals surface area contributed by atoms with Gasteiger partial charge in [0.25, 0.3) is 0 Å². The molecule has 0 amide bonds. The number of benzene rings is 1. The molecule has 0 aromatic heterocycles. The summed E-state index contributed by atoms with van der Waals surface area (Å²) in [5.41, 5.74) is 0.965. The van der Waals surface area contributed by atoms with Crippen molar-refractivity contribution in [1.29, 1.82) is 0 Å². The molecule has 0 aliphatic heterocycles. The molecule has 50 valence electrons. The fourth-order valence-corrected chi connectivity index (χ4v) is 0.583. The maximum atomic E-state index is 8.54. The summed E-state index contributed by atoms with van der Waals surface area (Å²) in [6, 6.07) is 9.52. The van der Waals surface area contributed by atoms with E-state index in [1.54, 1.807) is 0 Å². The minimum Gasteiger partial charge on any atom is -0.392 e. The van der Waals surface area contributed by atoms with Crippen molar-refractivity contribution >= 4 is 0 Å². The molecule has 9 heavy (non-hydrogen) atoms. The second-order valence-corrected chi connectivity index (χ2v) is 1.64. The van der Waals surface area contributed by atoms with E-state index in [0.717, 1.165) is 5.56 Å². The minimum atomic E-state index is 0. The van der Waals surface area contributed by atoms with Crippen LogP contribution in [-0.2, 0) is 26.1 Å². The van der Waals surface area contributed by atoms with E-state index in [2.05, 4.69) is 0 Å². The van der Waals surface area contributed by atoms with Crippen LogP contribution in [0.5, 0.6) is 0 Å². The fraction of sp³-hybridized carbons (Fsp3) is 0.143. The zero-order valence-electron chi connectivity index (χ0n) is 4.89. The molecule has 1 rings (SSSR count). The SMILES string of the molecule is OCc1ccccc1.[Ru]. The van der Waals surface area contributed by atoms with E-state index in [1.807, 2.05) is 30.3 Å². The summed E-state index contributed by atoms with van der Waals surface area (Å²) >= 11 is 0. The predicted molar refractivity (Wildman–Crippen MR) is 32.4 cm³/mol. The molecule has 0 fully saturated rings. The van der Waals surface area contributed by atoms with Gasteiger partial charge < -0.3 is 5.11 Å². The van der Waals surface area contributed by atoms with Gasteiger partial charge in [0, 0.05) is 19.5 Å².